The lowest BCUT2D eigenvalue weighted by atomic mass is 10.1. The molecule has 0 saturated carbocycles. The molecule has 0 unspecified atom stereocenters. The lowest BCUT2D eigenvalue weighted by molar-refractivity contribution is 0.0597. The Morgan fingerprint density at radius 3 is 2.21 bits per heavy atom. The van der Waals surface area contributed by atoms with Gasteiger partial charge in [0.25, 0.3) is 11.8 Å². The molecule has 1 aliphatic rings. The number of carbonyl (C=O) groups excluding carboxylic acids is 3. The van der Waals surface area contributed by atoms with Crippen LogP contribution in [0.1, 0.15) is 42.5 Å². The molecule has 0 bridgehead atoms. The van der Waals surface area contributed by atoms with Gasteiger partial charge in [-0.1, -0.05) is 12.1 Å². The molecule has 0 fully saturated rings. The van der Waals surface area contributed by atoms with Crippen molar-refractivity contribution in [1.82, 2.24) is 9.88 Å². The van der Waals surface area contributed by atoms with Crippen LogP contribution in [-0.4, -0.2) is 34.8 Å². The molecule has 2 heterocycles. The smallest absolute Gasteiger partial charge is 0.337 e. The molecule has 1 aromatic heterocycles. The Morgan fingerprint density at radius 1 is 1.04 bits per heavy atom. The number of methoxy groups -OCH3 is 1. The topological polar surface area (TPSA) is 89.7 Å². The highest BCUT2D eigenvalue weighted by molar-refractivity contribution is 6.21. The van der Waals surface area contributed by atoms with Gasteiger partial charge in [0.2, 0.25) is 5.89 Å². The highest BCUT2D eigenvalue weighted by Gasteiger charge is 2.36. The van der Waals surface area contributed by atoms with Crippen molar-refractivity contribution in [3.05, 3.63) is 76.7 Å². The second-order valence-corrected chi connectivity index (χ2v) is 6.33. The molecule has 4 rings (SSSR count). The maximum absolute atomic E-state index is 12.5. The third-order valence-electron chi connectivity index (χ3n) is 4.63. The first-order valence-electron chi connectivity index (χ1n) is 8.60. The summed E-state index contributed by atoms with van der Waals surface area (Å²) >= 11 is 0. The van der Waals surface area contributed by atoms with Crippen molar-refractivity contribution in [2.45, 2.75) is 13.5 Å². The normalized spacial score (nSPS) is 13.0. The molecule has 0 spiro atoms. The molecule has 3 aromatic rings. The standard InChI is InChI=1S/C21H16N2O5/c1-12-17(11-23-19(24)15-5-3-4-6-16(15)20(23)25)22-18(28-12)13-7-9-14(10-8-13)21(26)27-2/h3-10H,11H2,1-2H3. The summed E-state index contributed by atoms with van der Waals surface area (Å²) in [5.41, 5.74) is 2.38. The van der Waals surface area contributed by atoms with E-state index in [9.17, 15) is 14.4 Å². The molecule has 0 radical (unpaired) electrons. The van der Waals surface area contributed by atoms with Crippen molar-refractivity contribution < 1.29 is 23.5 Å². The minimum absolute atomic E-state index is 0.0297. The van der Waals surface area contributed by atoms with Gasteiger partial charge in [0, 0.05) is 5.56 Å². The summed E-state index contributed by atoms with van der Waals surface area (Å²) in [5, 5.41) is 0. The van der Waals surface area contributed by atoms with Crippen LogP contribution < -0.4 is 0 Å². The third kappa shape index (κ3) is 2.87. The van der Waals surface area contributed by atoms with Gasteiger partial charge in [-0.3, -0.25) is 14.5 Å². The van der Waals surface area contributed by atoms with Crippen molar-refractivity contribution in [2.24, 2.45) is 0 Å². The van der Waals surface area contributed by atoms with Gasteiger partial charge in [0.1, 0.15) is 11.5 Å². The van der Waals surface area contributed by atoms with E-state index in [1.54, 1.807) is 55.5 Å². The largest absolute Gasteiger partial charge is 0.465 e. The van der Waals surface area contributed by atoms with Crippen molar-refractivity contribution in [3.8, 4) is 11.5 Å². The Bertz CT molecular complexity index is 1060. The van der Waals surface area contributed by atoms with E-state index in [0.29, 0.717) is 39.6 Å². The van der Waals surface area contributed by atoms with Crippen LogP contribution in [0.25, 0.3) is 11.5 Å². The molecule has 1 aliphatic heterocycles. The zero-order valence-electron chi connectivity index (χ0n) is 15.3. The van der Waals surface area contributed by atoms with Gasteiger partial charge in [-0.05, 0) is 43.3 Å². The first-order valence-corrected chi connectivity index (χ1v) is 8.60. The molecule has 0 N–H and O–H groups in total. The molecule has 0 saturated heterocycles. The number of benzene rings is 2. The van der Waals surface area contributed by atoms with Crippen LogP contribution in [0.15, 0.2) is 52.9 Å². The predicted molar refractivity (Wildman–Crippen MR) is 98.7 cm³/mol. The maximum atomic E-state index is 12.5. The number of hydrogen-bond donors (Lipinski definition) is 0. The molecule has 2 aromatic carbocycles. The fourth-order valence-electron chi connectivity index (χ4n) is 3.10. The van der Waals surface area contributed by atoms with Gasteiger partial charge in [-0.15, -0.1) is 0 Å². The number of oxazole rings is 1. The second-order valence-electron chi connectivity index (χ2n) is 6.33. The Kier molecular flexibility index (Phi) is 4.27. The Balaban J connectivity index is 1.58. The molecule has 0 atom stereocenters. The summed E-state index contributed by atoms with van der Waals surface area (Å²) in [6, 6.07) is 13.4. The summed E-state index contributed by atoms with van der Waals surface area (Å²) in [4.78, 5) is 42.2. The van der Waals surface area contributed by atoms with E-state index in [0.717, 1.165) is 0 Å². The monoisotopic (exact) mass is 376 g/mol. The molecule has 7 heteroatoms. The minimum Gasteiger partial charge on any atom is -0.465 e. The zero-order chi connectivity index (χ0) is 19.8. The molecular weight excluding hydrogens is 360 g/mol. The van der Waals surface area contributed by atoms with Gasteiger partial charge in [-0.25, -0.2) is 9.78 Å². The predicted octanol–water partition coefficient (Wildman–Crippen LogP) is 3.23. The van der Waals surface area contributed by atoms with Crippen molar-refractivity contribution in [3.63, 3.8) is 0 Å². The van der Waals surface area contributed by atoms with Crippen LogP contribution in [0.2, 0.25) is 0 Å². The number of hydrogen-bond acceptors (Lipinski definition) is 6. The summed E-state index contributed by atoms with van der Waals surface area (Å²) in [7, 11) is 1.32. The van der Waals surface area contributed by atoms with Gasteiger partial charge < -0.3 is 9.15 Å². The lowest BCUT2D eigenvalue weighted by Gasteiger charge is -2.11. The number of carbonyl (C=O) groups is 3. The minimum atomic E-state index is -0.429. The first-order chi connectivity index (χ1) is 13.5. The maximum Gasteiger partial charge on any atom is 0.337 e. The summed E-state index contributed by atoms with van der Waals surface area (Å²) in [5.74, 6) is -0.246. The third-order valence-corrected chi connectivity index (χ3v) is 4.63. The zero-order valence-corrected chi connectivity index (χ0v) is 15.3. The van der Waals surface area contributed by atoms with Gasteiger partial charge in [0.15, 0.2) is 0 Å². The number of amides is 2. The van der Waals surface area contributed by atoms with E-state index in [1.165, 1.54) is 12.0 Å². The number of rotatable bonds is 4. The van der Waals surface area contributed by atoms with Gasteiger partial charge in [-0.2, -0.15) is 0 Å². The number of ether oxygens (including phenoxy) is 1. The van der Waals surface area contributed by atoms with Crippen molar-refractivity contribution >= 4 is 17.8 Å². The molecular formula is C21H16N2O5. The molecule has 140 valence electrons. The Morgan fingerprint density at radius 2 is 1.64 bits per heavy atom. The van der Waals surface area contributed by atoms with Crippen LogP contribution in [0, 0.1) is 6.92 Å². The van der Waals surface area contributed by atoms with E-state index in [1.807, 2.05) is 0 Å². The molecule has 2 amide bonds. The highest BCUT2D eigenvalue weighted by Crippen LogP contribution is 2.27. The summed E-state index contributed by atoms with van der Waals surface area (Å²) in [6.07, 6.45) is 0. The van der Waals surface area contributed by atoms with Crippen LogP contribution >= 0.6 is 0 Å². The lowest BCUT2D eigenvalue weighted by Crippen LogP contribution is -2.29. The van der Waals surface area contributed by atoms with E-state index in [-0.39, 0.29) is 18.4 Å². The SMILES string of the molecule is COC(=O)c1ccc(-c2nc(CN3C(=O)c4ccccc4C3=O)c(C)o2)cc1. The second kappa shape index (κ2) is 6.77. The molecule has 0 aliphatic carbocycles. The van der Waals surface area contributed by atoms with Crippen LogP contribution in [-0.2, 0) is 11.3 Å². The summed E-state index contributed by atoms with van der Waals surface area (Å²) < 4.78 is 10.4. The number of esters is 1. The Labute approximate surface area is 160 Å². The Hall–Kier alpha value is -3.74. The van der Waals surface area contributed by atoms with Crippen LogP contribution in [0.4, 0.5) is 0 Å². The van der Waals surface area contributed by atoms with Crippen LogP contribution in [0.5, 0.6) is 0 Å². The van der Waals surface area contributed by atoms with E-state index >= 15 is 0 Å². The quantitative estimate of drug-likeness (QED) is 0.513. The fraction of sp³-hybridized carbons (Fsp3) is 0.143. The average Bonchev–Trinajstić information content (AvgIpc) is 3.21. The number of fused-ring (bicyclic) bond motifs is 1. The number of imide groups is 1. The first kappa shape index (κ1) is 17.7. The van der Waals surface area contributed by atoms with Crippen molar-refractivity contribution in [1.29, 1.82) is 0 Å². The van der Waals surface area contributed by atoms with E-state index in [2.05, 4.69) is 9.72 Å². The summed E-state index contributed by atoms with van der Waals surface area (Å²) in [6.45, 7) is 1.76. The van der Waals surface area contributed by atoms with E-state index in [4.69, 9.17) is 4.42 Å². The molecule has 28 heavy (non-hydrogen) atoms. The fourth-order valence-corrected chi connectivity index (χ4v) is 3.10. The molecule has 7 nitrogen and oxygen atoms in total. The van der Waals surface area contributed by atoms with Gasteiger partial charge in [0.05, 0.1) is 30.3 Å². The van der Waals surface area contributed by atoms with Gasteiger partial charge >= 0.3 is 5.97 Å². The van der Waals surface area contributed by atoms with E-state index < -0.39 is 5.97 Å². The average molecular weight is 376 g/mol. The van der Waals surface area contributed by atoms with Crippen molar-refractivity contribution in [2.75, 3.05) is 7.11 Å². The van der Waals surface area contributed by atoms with Crippen LogP contribution in [0.3, 0.4) is 0 Å². The number of aromatic nitrogens is 1. The number of nitrogens with zero attached hydrogens (tertiary/aromatic N) is 2. The highest BCUT2D eigenvalue weighted by atomic mass is 16.5. The number of aryl methyl sites for hydroxylation is 1.